The van der Waals surface area contributed by atoms with Crippen LogP contribution in [0.25, 0.3) is 0 Å². The van der Waals surface area contributed by atoms with Crippen molar-refractivity contribution >= 4 is 36.8 Å². The van der Waals surface area contributed by atoms with Crippen LogP contribution in [0.4, 0.5) is 10.5 Å². The third kappa shape index (κ3) is 4.62. The van der Waals surface area contributed by atoms with Crippen LogP contribution >= 0.6 is 0 Å². The van der Waals surface area contributed by atoms with E-state index in [-0.39, 0.29) is 6.03 Å². The van der Waals surface area contributed by atoms with Crippen LogP contribution in [0.5, 0.6) is 5.75 Å². The van der Waals surface area contributed by atoms with Crippen LogP contribution in [0.15, 0.2) is 47.6 Å². The van der Waals surface area contributed by atoms with Gasteiger partial charge in [-0.2, -0.15) is 0 Å². The molecule has 1 aliphatic rings. The molecule has 5 nitrogen and oxygen atoms in total. The molecule has 0 bridgehead atoms. The number of hydrogen-bond donors (Lipinski definition) is 2. The van der Waals surface area contributed by atoms with Gasteiger partial charge in [0.15, 0.2) is 0 Å². The third-order valence-electron chi connectivity index (χ3n) is 3.76. The Labute approximate surface area is 154 Å². The first-order valence-electron chi connectivity index (χ1n) is 8.26. The molecule has 3 rings (SSSR count). The predicted molar refractivity (Wildman–Crippen MR) is 102 cm³/mol. The van der Waals surface area contributed by atoms with E-state index in [0.717, 1.165) is 23.2 Å². The number of fused-ring (bicyclic) bond motifs is 1. The van der Waals surface area contributed by atoms with E-state index in [2.05, 4.69) is 41.0 Å². The van der Waals surface area contributed by atoms with Crippen molar-refractivity contribution in [2.75, 3.05) is 11.9 Å². The van der Waals surface area contributed by atoms with E-state index in [1.807, 2.05) is 19.1 Å². The average molecular weight is 402 g/mol. The number of anilines is 1. The Morgan fingerprint density at radius 2 is 2.04 bits per heavy atom. The van der Waals surface area contributed by atoms with Crippen molar-refractivity contribution < 1.29 is 9.53 Å². The number of nitrogens with one attached hydrogen (secondary N) is 2. The topological polar surface area (TPSA) is 62.7 Å². The molecule has 0 saturated heterocycles. The van der Waals surface area contributed by atoms with E-state index in [0.29, 0.717) is 27.3 Å². The molecule has 0 spiro atoms. The molecule has 2 N–H and O–H groups in total. The number of rotatable bonds is 4. The number of hydrazone groups is 1. The van der Waals surface area contributed by atoms with Gasteiger partial charge < -0.3 is 0 Å². The molecule has 0 atom stereocenters. The zero-order valence-corrected chi connectivity index (χ0v) is 16.0. The molecule has 0 radical (unpaired) electrons. The van der Waals surface area contributed by atoms with Crippen LogP contribution in [-0.4, -0.2) is 33.3 Å². The number of benzene rings is 2. The van der Waals surface area contributed by atoms with Crippen molar-refractivity contribution in [2.45, 2.75) is 25.6 Å². The Morgan fingerprint density at radius 1 is 1.24 bits per heavy atom. The molecule has 130 valence electrons. The number of ether oxygens (including phenoxy) is 1. The van der Waals surface area contributed by atoms with Crippen molar-refractivity contribution in [3.63, 3.8) is 0 Å². The van der Waals surface area contributed by atoms with E-state index in [1.165, 1.54) is 15.6 Å². The van der Waals surface area contributed by atoms with Gasteiger partial charge in [0, 0.05) is 0 Å². The summed E-state index contributed by atoms with van der Waals surface area (Å²) >= 11 is 0.493. The summed E-state index contributed by atoms with van der Waals surface area (Å²) in [5, 5.41) is 8.24. The van der Waals surface area contributed by atoms with E-state index >= 15 is 0 Å². The van der Waals surface area contributed by atoms with Crippen LogP contribution in [0.2, 0.25) is 5.32 Å². The average Bonchev–Trinajstić information content (AvgIpc) is 2.62. The van der Waals surface area contributed by atoms with Gasteiger partial charge in [0.25, 0.3) is 0 Å². The summed E-state index contributed by atoms with van der Waals surface area (Å²) in [6.07, 6.45) is 0.903. The molecule has 2 aromatic rings. The molecule has 2 aromatic carbocycles. The SMILES string of the molecule is CCOc1ccc(NC(=O)N/N=C2\CC[Se]c3ccc(C)cc32)cc1. The first kappa shape index (κ1) is 17.5. The Hall–Kier alpha value is -2.30. The maximum atomic E-state index is 12.1. The summed E-state index contributed by atoms with van der Waals surface area (Å²) in [7, 11) is 0. The second-order valence-corrected chi connectivity index (χ2v) is 8.06. The quantitative estimate of drug-likeness (QED) is 0.610. The van der Waals surface area contributed by atoms with Crippen molar-refractivity contribution in [3.8, 4) is 5.75 Å². The fraction of sp³-hybridized carbons (Fsp3) is 0.263. The van der Waals surface area contributed by atoms with Crippen LogP contribution < -0.4 is 19.9 Å². The minimum atomic E-state index is -0.345. The van der Waals surface area contributed by atoms with Crippen molar-refractivity contribution in [1.29, 1.82) is 0 Å². The van der Waals surface area contributed by atoms with Gasteiger partial charge in [-0.05, 0) is 6.92 Å². The number of urea groups is 1. The molecule has 25 heavy (non-hydrogen) atoms. The van der Waals surface area contributed by atoms with Crippen LogP contribution in [0.1, 0.15) is 24.5 Å². The summed E-state index contributed by atoms with van der Waals surface area (Å²) in [6.45, 7) is 4.63. The Morgan fingerprint density at radius 3 is 2.80 bits per heavy atom. The van der Waals surface area contributed by atoms with Gasteiger partial charge in [-0.1, -0.05) is 0 Å². The molecule has 6 heteroatoms. The Bertz CT molecular complexity index is 788. The number of nitrogens with zero attached hydrogens (tertiary/aromatic N) is 1. The van der Waals surface area contributed by atoms with Gasteiger partial charge in [0.05, 0.1) is 6.61 Å². The molecular formula is C19H21N3O2Se. The van der Waals surface area contributed by atoms with E-state index in [9.17, 15) is 4.79 Å². The van der Waals surface area contributed by atoms with Gasteiger partial charge in [-0.15, -0.1) is 0 Å². The molecular weight excluding hydrogens is 381 g/mol. The minimum absolute atomic E-state index is 0.345. The Kier molecular flexibility index (Phi) is 5.74. The maximum absolute atomic E-state index is 12.1. The van der Waals surface area contributed by atoms with Crippen LogP contribution in [0, 0.1) is 6.92 Å². The first-order chi connectivity index (χ1) is 12.2. The fourth-order valence-electron chi connectivity index (χ4n) is 2.58. The molecule has 0 aliphatic carbocycles. The van der Waals surface area contributed by atoms with Crippen LogP contribution in [0.3, 0.4) is 0 Å². The summed E-state index contributed by atoms with van der Waals surface area (Å²) < 4.78 is 6.75. The van der Waals surface area contributed by atoms with Gasteiger partial charge in [0.1, 0.15) is 0 Å². The summed E-state index contributed by atoms with van der Waals surface area (Å²) in [4.78, 5) is 12.1. The van der Waals surface area contributed by atoms with E-state index < -0.39 is 0 Å². The van der Waals surface area contributed by atoms with Gasteiger partial charge in [0.2, 0.25) is 0 Å². The summed E-state index contributed by atoms with van der Waals surface area (Å²) in [5.41, 5.74) is 6.65. The molecule has 0 saturated carbocycles. The van der Waals surface area contributed by atoms with Crippen molar-refractivity contribution in [1.82, 2.24) is 5.43 Å². The summed E-state index contributed by atoms with van der Waals surface area (Å²) in [6, 6.07) is 13.4. The van der Waals surface area contributed by atoms with Crippen LogP contribution in [-0.2, 0) is 0 Å². The number of carbonyl (C=O) groups is 1. The standard InChI is InChI=1S/C19H21N3O2Se/c1-3-24-15-7-5-14(6-8-15)20-19(23)22-21-17-10-11-25-18-9-4-13(2)12-16(17)18/h4-9,12H,3,10-11H2,1-2H3,(H2,20,22,23)/b21-17+. The van der Waals surface area contributed by atoms with Gasteiger partial charge in [-0.25, -0.2) is 0 Å². The molecule has 1 heterocycles. The molecule has 2 amide bonds. The van der Waals surface area contributed by atoms with E-state index in [1.54, 1.807) is 12.1 Å². The van der Waals surface area contributed by atoms with Crippen molar-refractivity contribution in [3.05, 3.63) is 53.6 Å². The van der Waals surface area contributed by atoms with Crippen molar-refractivity contribution in [2.24, 2.45) is 5.10 Å². The van der Waals surface area contributed by atoms with E-state index in [4.69, 9.17) is 4.74 Å². The summed E-state index contributed by atoms with van der Waals surface area (Å²) in [5.74, 6) is 0.782. The number of hydrogen-bond acceptors (Lipinski definition) is 3. The predicted octanol–water partition coefficient (Wildman–Crippen LogP) is 3.07. The van der Waals surface area contributed by atoms with Gasteiger partial charge >= 0.3 is 140 Å². The zero-order chi connectivity index (χ0) is 17.6. The fourth-order valence-corrected chi connectivity index (χ4v) is 4.71. The third-order valence-corrected chi connectivity index (χ3v) is 6.01. The first-order valence-corrected chi connectivity index (χ1v) is 10.3. The number of aryl methyl sites for hydroxylation is 1. The number of amides is 2. The van der Waals surface area contributed by atoms with Gasteiger partial charge in [-0.3, -0.25) is 0 Å². The number of carbonyl (C=O) groups excluding carboxylic acids is 1. The zero-order valence-electron chi connectivity index (χ0n) is 14.3. The monoisotopic (exact) mass is 403 g/mol. The molecule has 0 aromatic heterocycles. The second-order valence-electron chi connectivity index (χ2n) is 5.68. The molecule has 0 fully saturated rings. The molecule has 1 aliphatic heterocycles. The Balaban J connectivity index is 1.64. The molecule has 0 unspecified atom stereocenters. The normalized spacial score (nSPS) is 14.7. The second kappa shape index (κ2) is 8.19.